The third kappa shape index (κ3) is 9.48. The van der Waals surface area contributed by atoms with Crippen LogP contribution in [0.25, 0.3) is 0 Å². The smallest absolute Gasteiger partial charge is 0.327 e. The molecule has 0 saturated heterocycles. The third-order valence-corrected chi connectivity index (χ3v) is 3.81. The van der Waals surface area contributed by atoms with Crippen LogP contribution in [0.1, 0.15) is 12.8 Å². The zero-order valence-electron chi connectivity index (χ0n) is 13.7. The number of nitrogens with one attached hydrogen (secondary N) is 3. The zero-order chi connectivity index (χ0) is 20.3. The van der Waals surface area contributed by atoms with Crippen LogP contribution < -0.4 is 21.7 Å². The van der Waals surface area contributed by atoms with Gasteiger partial charge in [-0.2, -0.15) is 25.3 Å². The fraction of sp³-hybridized carbons (Fsp3) is 0.615. The molecular weight excluding hydrogens is 388 g/mol. The third-order valence-electron chi connectivity index (χ3n) is 3.05. The number of nitrogens with two attached hydrogens (primary N) is 1. The molecule has 0 aliphatic rings. The minimum atomic E-state index is -1.29. The van der Waals surface area contributed by atoms with E-state index >= 15 is 0 Å². The Labute approximate surface area is 160 Å². The van der Waals surface area contributed by atoms with E-state index in [1.54, 1.807) is 0 Å². The molecule has 0 aliphatic heterocycles. The van der Waals surface area contributed by atoms with Gasteiger partial charge in [0.2, 0.25) is 17.7 Å². The molecule has 0 spiro atoms. The molecule has 3 atom stereocenters. The Bertz CT molecular complexity index is 547. The van der Waals surface area contributed by atoms with Crippen molar-refractivity contribution in [2.24, 2.45) is 5.73 Å². The maximum absolute atomic E-state index is 12.1. The van der Waals surface area contributed by atoms with E-state index in [0.29, 0.717) is 0 Å². The summed E-state index contributed by atoms with van der Waals surface area (Å²) in [5.74, 6) is -4.88. The van der Waals surface area contributed by atoms with Gasteiger partial charge in [-0.3, -0.25) is 19.2 Å². The normalized spacial score (nSPS) is 13.8. The summed E-state index contributed by atoms with van der Waals surface area (Å²) < 4.78 is 0. The van der Waals surface area contributed by atoms with E-state index < -0.39 is 60.8 Å². The minimum Gasteiger partial charge on any atom is -0.481 e. The van der Waals surface area contributed by atoms with Gasteiger partial charge in [0.05, 0.1) is 12.6 Å². The number of hydrogen-bond donors (Lipinski definition) is 8. The number of carboxylic acid groups (broad SMARTS) is 2. The van der Waals surface area contributed by atoms with Crippen LogP contribution in [0, 0.1) is 0 Å². The van der Waals surface area contributed by atoms with Crippen molar-refractivity contribution in [3.05, 3.63) is 0 Å². The van der Waals surface area contributed by atoms with Gasteiger partial charge in [-0.05, 0) is 6.42 Å². The number of aliphatic carboxylic acids is 2. The molecule has 11 nitrogen and oxygen atoms in total. The fourth-order valence-electron chi connectivity index (χ4n) is 1.62. The second-order valence-electron chi connectivity index (χ2n) is 5.14. The lowest BCUT2D eigenvalue weighted by molar-refractivity contribution is -0.141. The highest BCUT2D eigenvalue weighted by Crippen LogP contribution is 1.99. The summed E-state index contributed by atoms with van der Waals surface area (Å²) in [6, 6.07) is -3.44. The second-order valence-corrected chi connectivity index (χ2v) is 5.87. The Balaban J connectivity index is 4.74. The highest BCUT2D eigenvalue weighted by atomic mass is 32.1. The van der Waals surface area contributed by atoms with Gasteiger partial charge in [0.1, 0.15) is 12.1 Å². The van der Waals surface area contributed by atoms with Gasteiger partial charge in [0.25, 0.3) is 0 Å². The van der Waals surface area contributed by atoms with Crippen molar-refractivity contribution in [2.45, 2.75) is 31.0 Å². The molecule has 0 fully saturated rings. The SMILES string of the molecule is NC(CS)C(=O)NC(CCC(=O)O)C(=O)NCC(=O)NC(CS)C(=O)O. The molecule has 7 N–H and O–H groups in total. The first-order valence-corrected chi connectivity index (χ1v) is 8.68. The van der Waals surface area contributed by atoms with Gasteiger partial charge in [0, 0.05) is 17.9 Å². The van der Waals surface area contributed by atoms with Gasteiger partial charge in [-0.15, -0.1) is 0 Å². The highest BCUT2D eigenvalue weighted by Gasteiger charge is 2.25. The number of carbonyl (C=O) groups is 5. The molecule has 3 unspecified atom stereocenters. The predicted octanol–water partition coefficient (Wildman–Crippen LogP) is -2.79. The lowest BCUT2D eigenvalue weighted by atomic mass is 10.1. The van der Waals surface area contributed by atoms with Gasteiger partial charge in [-0.1, -0.05) is 0 Å². The average molecular weight is 410 g/mol. The van der Waals surface area contributed by atoms with E-state index in [9.17, 15) is 24.0 Å². The van der Waals surface area contributed by atoms with E-state index in [1.807, 2.05) is 0 Å². The van der Waals surface area contributed by atoms with Crippen molar-refractivity contribution < 1.29 is 34.2 Å². The van der Waals surface area contributed by atoms with E-state index in [-0.39, 0.29) is 17.9 Å². The van der Waals surface area contributed by atoms with Gasteiger partial charge >= 0.3 is 11.9 Å². The second kappa shape index (κ2) is 12.4. The Morgan fingerprint density at radius 2 is 1.54 bits per heavy atom. The van der Waals surface area contributed by atoms with Crippen molar-refractivity contribution in [3.8, 4) is 0 Å². The number of carbonyl (C=O) groups excluding carboxylic acids is 3. The minimum absolute atomic E-state index is 0.0157. The molecule has 0 saturated carbocycles. The summed E-state index contributed by atoms with van der Waals surface area (Å²) in [6.45, 7) is -0.561. The van der Waals surface area contributed by atoms with E-state index in [1.165, 1.54) is 0 Å². The number of amides is 3. The first-order chi connectivity index (χ1) is 12.1. The first-order valence-electron chi connectivity index (χ1n) is 7.41. The molecule has 0 bridgehead atoms. The topological polar surface area (TPSA) is 188 Å². The molecule has 26 heavy (non-hydrogen) atoms. The Kier molecular flexibility index (Phi) is 11.4. The Morgan fingerprint density at radius 3 is 2.00 bits per heavy atom. The lowest BCUT2D eigenvalue weighted by Crippen LogP contribution is -2.54. The summed E-state index contributed by atoms with van der Waals surface area (Å²) in [5, 5.41) is 24.2. The molecule has 0 radical (unpaired) electrons. The van der Waals surface area contributed by atoms with Crippen molar-refractivity contribution in [1.29, 1.82) is 0 Å². The predicted molar refractivity (Wildman–Crippen MR) is 97.1 cm³/mol. The summed E-state index contributed by atoms with van der Waals surface area (Å²) in [7, 11) is 0. The Hall–Kier alpha value is -1.99. The van der Waals surface area contributed by atoms with Gasteiger partial charge in [-0.25, -0.2) is 4.79 Å². The Morgan fingerprint density at radius 1 is 0.923 bits per heavy atom. The molecule has 0 rings (SSSR count). The molecule has 0 heterocycles. The van der Waals surface area contributed by atoms with Crippen LogP contribution in [0.5, 0.6) is 0 Å². The average Bonchev–Trinajstić information content (AvgIpc) is 2.59. The first kappa shape index (κ1) is 24.0. The number of thiol groups is 2. The molecule has 13 heteroatoms. The molecule has 148 valence electrons. The fourth-order valence-corrected chi connectivity index (χ4v) is 2.03. The van der Waals surface area contributed by atoms with E-state index in [0.717, 1.165) is 0 Å². The summed E-state index contributed by atoms with van der Waals surface area (Å²) in [4.78, 5) is 57.0. The van der Waals surface area contributed by atoms with Gasteiger partial charge < -0.3 is 31.9 Å². The molecule has 0 aromatic rings. The van der Waals surface area contributed by atoms with Crippen molar-refractivity contribution in [3.63, 3.8) is 0 Å². The number of rotatable bonds is 12. The zero-order valence-corrected chi connectivity index (χ0v) is 15.5. The monoisotopic (exact) mass is 410 g/mol. The molecule has 0 aromatic heterocycles. The molecule has 3 amide bonds. The van der Waals surface area contributed by atoms with Crippen molar-refractivity contribution >= 4 is 54.9 Å². The van der Waals surface area contributed by atoms with Crippen LogP contribution in [-0.2, 0) is 24.0 Å². The lowest BCUT2D eigenvalue weighted by Gasteiger charge is -2.20. The van der Waals surface area contributed by atoms with Crippen LogP contribution in [0.2, 0.25) is 0 Å². The quantitative estimate of drug-likeness (QED) is 0.158. The summed E-state index contributed by atoms with van der Waals surface area (Å²) in [5.41, 5.74) is 5.48. The summed E-state index contributed by atoms with van der Waals surface area (Å²) in [6.07, 6.45) is -0.621. The van der Waals surface area contributed by atoms with E-state index in [4.69, 9.17) is 15.9 Å². The number of carboxylic acids is 2. The maximum atomic E-state index is 12.1. The summed E-state index contributed by atoms with van der Waals surface area (Å²) >= 11 is 7.63. The van der Waals surface area contributed by atoms with Crippen LogP contribution in [0.3, 0.4) is 0 Å². The van der Waals surface area contributed by atoms with Crippen LogP contribution in [0.4, 0.5) is 0 Å². The largest absolute Gasteiger partial charge is 0.481 e. The van der Waals surface area contributed by atoms with Crippen LogP contribution >= 0.6 is 25.3 Å². The van der Waals surface area contributed by atoms with Crippen LogP contribution in [-0.4, -0.2) is 76.0 Å². The number of hydrogen-bond acceptors (Lipinski definition) is 8. The molecule has 0 aromatic carbocycles. The van der Waals surface area contributed by atoms with Gasteiger partial charge in [0.15, 0.2) is 0 Å². The van der Waals surface area contributed by atoms with E-state index in [2.05, 4.69) is 41.2 Å². The standard InChI is InChI=1S/C13H22N4O7S2/c14-6(4-25)11(21)17-7(1-2-10(19)20)12(22)15-3-9(18)16-8(5-26)13(23)24/h6-8,25-26H,1-5,14H2,(H,15,22)(H,16,18)(H,17,21)(H,19,20)(H,23,24). The van der Waals surface area contributed by atoms with Crippen molar-refractivity contribution in [1.82, 2.24) is 16.0 Å². The van der Waals surface area contributed by atoms with Crippen LogP contribution in [0.15, 0.2) is 0 Å². The molecule has 0 aliphatic carbocycles. The maximum Gasteiger partial charge on any atom is 0.327 e. The highest BCUT2D eigenvalue weighted by molar-refractivity contribution is 7.80. The van der Waals surface area contributed by atoms with Crippen molar-refractivity contribution in [2.75, 3.05) is 18.1 Å². The molecular formula is C13H22N4O7S2.